The molecule has 0 aliphatic carbocycles. The van der Waals surface area contributed by atoms with Crippen molar-refractivity contribution in [3.63, 3.8) is 0 Å². The van der Waals surface area contributed by atoms with E-state index in [0.29, 0.717) is 0 Å². The maximum Gasteiger partial charge on any atom is 0.162 e. The van der Waals surface area contributed by atoms with Crippen molar-refractivity contribution in [1.29, 1.82) is 0 Å². The summed E-state index contributed by atoms with van der Waals surface area (Å²) >= 11 is 0. The van der Waals surface area contributed by atoms with Crippen molar-refractivity contribution >= 4 is 0 Å². The Morgan fingerprint density at radius 2 is 1.89 bits per heavy atom. The maximum atomic E-state index is 10.7. The monoisotopic (exact) mass is 134 g/mol. The van der Waals surface area contributed by atoms with Crippen LogP contribution in [0.3, 0.4) is 0 Å². The van der Waals surface area contributed by atoms with E-state index in [4.69, 9.17) is 5.73 Å². The Labute approximate surface area is 55.1 Å². The molecular weight excluding hydrogens is 120 g/mol. The van der Waals surface area contributed by atoms with Crippen molar-refractivity contribution in [2.24, 2.45) is 5.73 Å². The Morgan fingerprint density at radius 3 is 2.00 bits per heavy atom. The molecule has 0 rings (SSSR count). The van der Waals surface area contributed by atoms with Gasteiger partial charge in [-0.25, -0.2) is 5.23 Å². The lowest BCUT2D eigenvalue weighted by molar-refractivity contribution is -1.07. The molecule has 0 spiro atoms. The smallest absolute Gasteiger partial charge is 0.162 e. The first-order valence-corrected chi connectivity index (χ1v) is 3.00. The van der Waals surface area contributed by atoms with E-state index in [-0.39, 0.29) is 11.3 Å². The van der Waals surface area contributed by atoms with Crippen molar-refractivity contribution in [1.82, 2.24) is 0 Å². The molecule has 0 fully saturated rings. The molecule has 0 aromatic rings. The minimum Gasteiger partial charge on any atom is -0.600 e. The Hall–Kier alpha value is -0.160. The van der Waals surface area contributed by atoms with Crippen LogP contribution < -0.4 is 11.0 Å². The standard InChI is InChI=1S/C5H14N2O2/c1-4(2)7(8)9-5(3)6/h4-5,7H,6H2,1-3H3. The topological polar surface area (TPSA) is 62.8 Å². The number of hydrogen-bond donors (Lipinski definition) is 2. The van der Waals surface area contributed by atoms with Gasteiger partial charge in [-0.1, -0.05) is 0 Å². The largest absolute Gasteiger partial charge is 0.600 e. The lowest BCUT2D eigenvalue weighted by Crippen LogP contribution is -3.10. The van der Waals surface area contributed by atoms with E-state index < -0.39 is 6.23 Å². The van der Waals surface area contributed by atoms with E-state index in [0.717, 1.165) is 0 Å². The van der Waals surface area contributed by atoms with E-state index in [1.807, 2.05) is 0 Å². The summed E-state index contributed by atoms with van der Waals surface area (Å²) in [6.45, 7) is 5.16. The van der Waals surface area contributed by atoms with E-state index in [9.17, 15) is 5.21 Å². The Kier molecular flexibility index (Phi) is 3.72. The first-order chi connectivity index (χ1) is 4.04. The molecule has 0 aromatic carbocycles. The first-order valence-electron chi connectivity index (χ1n) is 3.00. The normalized spacial score (nSPS) is 18.0. The van der Waals surface area contributed by atoms with Crippen LogP contribution in [0.15, 0.2) is 0 Å². The third-order valence-corrected chi connectivity index (χ3v) is 0.773. The number of hydroxylamine groups is 2. The second kappa shape index (κ2) is 3.79. The number of nitrogens with one attached hydrogen (secondary N) is 1. The molecule has 4 nitrogen and oxygen atoms in total. The summed E-state index contributed by atoms with van der Waals surface area (Å²) in [6, 6.07) is -0.0870. The number of quaternary nitrogens is 1. The van der Waals surface area contributed by atoms with Crippen molar-refractivity contribution in [3.8, 4) is 0 Å². The molecule has 2 atom stereocenters. The fourth-order valence-electron chi connectivity index (χ4n) is 0.319. The van der Waals surface area contributed by atoms with Crippen LogP contribution in [-0.2, 0) is 4.84 Å². The van der Waals surface area contributed by atoms with Crippen molar-refractivity contribution in [2.45, 2.75) is 33.0 Å². The molecule has 9 heavy (non-hydrogen) atoms. The summed E-state index contributed by atoms with van der Waals surface area (Å²) in [5.74, 6) is 0. The van der Waals surface area contributed by atoms with Gasteiger partial charge in [-0.3, -0.25) is 0 Å². The van der Waals surface area contributed by atoms with Gasteiger partial charge in [0.15, 0.2) is 6.23 Å². The van der Waals surface area contributed by atoms with Gasteiger partial charge in [-0.05, 0) is 20.8 Å². The highest BCUT2D eigenvalue weighted by molar-refractivity contribution is 4.29. The highest BCUT2D eigenvalue weighted by Gasteiger charge is 2.05. The Morgan fingerprint density at radius 1 is 1.44 bits per heavy atom. The van der Waals surface area contributed by atoms with Crippen LogP contribution >= 0.6 is 0 Å². The Balaban J connectivity index is 3.38. The predicted molar refractivity (Wildman–Crippen MR) is 34.2 cm³/mol. The molecule has 0 aromatic heterocycles. The molecule has 0 saturated heterocycles. The molecule has 2 unspecified atom stereocenters. The quantitative estimate of drug-likeness (QED) is 0.385. The van der Waals surface area contributed by atoms with Crippen molar-refractivity contribution < 1.29 is 10.1 Å². The van der Waals surface area contributed by atoms with Crippen LogP contribution in [0.2, 0.25) is 0 Å². The summed E-state index contributed by atoms with van der Waals surface area (Å²) < 4.78 is 0. The molecule has 0 aliphatic heterocycles. The molecule has 0 heterocycles. The maximum absolute atomic E-state index is 10.7. The summed E-state index contributed by atoms with van der Waals surface area (Å²) in [5, 5.41) is 10.4. The van der Waals surface area contributed by atoms with Crippen LogP contribution in [0, 0.1) is 5.21 Å². The molecule has 56 valence electrons. The van der Waals surface area contributed by atoms with E-state index in [1.165, 1.54) is 0 Å². The zero-order valence-electron chi connectivity index (χ0n) is 6.05. The fourth-order valence-corrected chi connectivity index (χ4v) is 0.319. The summed E-state index contributed by atoms with van der Waals surface area (Å²) in [5.41, 5.74) is 5.19. The number of hydrogen-bond acceptors (Lipinski definition) is 3. The molecule has 0 aliphatic rings. The highest BCUT2D eigenvalue weighted by atomic mass is 16.9. The van der Waals surface area contributed by atoms with E-state index in [2.05, 4.69) is 4.84 Å². The third-order valence-electron chi connectivity index (χ3n) is 0.773. The number of nitrogens with two attached hydrogens (primary N) is 1. The fraction of sp³-hybridized carbons (Fsp3) is 1.00. The van der Waals surface area contributed by atoms with Crippen LogP contribution in [0.4, 0.5) is 0 Å². The zero-order valence-corrected chi connectivity index (χ0v) is 6.05. The molecule has 0 saturated carbocycles. The minimum absolute atomic E-state index is 0.0870. The highest BCUT2D eigenvalue weighted by Crippen LogP contribution is 1.71. The molecule has 0 bridgehead atoms. The van der Waals surface area contributed by atoms with Crippen LogP contribution in [-0.4, -0.2) is 12.3 Å². The van der Waals surface area contributed by atoms with Crippen LogP contribution in [0.1, 0.15) is 20.8 Å². The summed E-state index contributed by atoms with van der Waals surface area (Å²) in [7, 11) is 0. The summed E-state index contributed by atoms with van der Waals surface area (Å²) in [6.07, 6.45) is -0.486. The van der Waals surface area contributed by atoms with Gasteiger partial charge < -0.3 is 10.9 Å². The predicted octanol–water partition coefficient (Wildman–Crippen LogP) is -0.986. The Bertz CT molecular complexity index is 75.4. The molecule has 0 radical (unpaired) electrons. The zero-order chi connectivity index (χ0) is 7.44. The molecule has 0 amide bonds. The third kappa shape index (κ3) is 4.35. The lowest BCUT2D eigenvalue weighted by Gasteiger charge is -2.24. The van der Waals surface area contributed by atoms with Gasteiger partial charge in [0.1, 0.15) is 6.04 Å². The first kappa shape index (κ1) is 8.84. The SMILES string of the molecule is CC(N)O[NH+]([O-])C(C)C. The van der Waals surface area contributed by atoms with Gasteiger partial charge in [0.25, 0.3) is 0 Å². The summed E-state index contributed by atoms with van der Waals surface area (Å²) in [4.78, 5) is 4.65. The van der Waals surface area contributed by atoms with Crippen LogP contribution in [0.25, 0.3) is 0 Å². The van der Waals surface area contributed by atoms with Gasteiger partial charge in [-0.2, -0.15) is 4.84 Å². The second-order valence-electron chi connectivity index (χ2n) is 2.30. The van der Waals surface area contributed by atoms with Gasteiger partial charge in [-0.15, -0.1) is 0 Å². The van der Waals surface area contributed by atoms with Gasteiger partial charge in [0, 0.05) is 0 Å². The van der Waals surface area contributed by atoms with E-state index in [1.54, 1.807) is 20.8 Å². The minimum atomic E-state index is -0.486. The van der Waals surface area contributed by atoms with E-state index >= 15 is 0 Å². The van der Waals surface area contributed by atoms with Crippen molar-refractivity contribution in [2.75, 3.05) is 0 Å². The van der Waals surface area contributed by atoms with Crippen LogP contribution in [0.5, 0.6) is 0 Å². The second-order valence-corrected chi connectivity index (χ2v) is 2.30. The molecule has 4 heteroatoms. The molecular formula is C5H14N2O2. The lowest BCUT2D eigenvalue weighted by atomic mass is 10.4. The van der Waals surface area contributed by atoms with Gasteiger partial charge in [0.2, 0.25) is 0 Å². The van der Waals surface area contributed by atoms with Gasteiger partial charge in [0.05, 0.1) is 0 Å². The van der Waals surface area contributed by atoms with Gasteiger partial charge >= 0.3 is 0 Å². The molecule has 3 N–H and O–H groups in total. The van der Waals surface area contributed by atoms with Crippen molar-refractivity contribution in [3.05, 3.63) is 5.21 Å². The average molecular weight is 134 g/mol. The number of rotatable bonds is 3. The average Bonchev–Trinajstić information content (AvgIpc) is 1.63.